The molecule has 100 valence electrons. The van der Waals surface area contributed by atoms with E-state index in [4.69, 9.17) is 0 Å². The number of fused-ring (bicyclic) bond motifs is 5. The van der Waals surface area contributed by atoms with Gasteiger partial charge in [0.1, 0.15) is 5.75 Å². The Balaban J connectivity index is 1.50. The predicted octanol–water partition coefficient (Wildman–Crippen LogP) is 2.77. The van der Waals surface area contributed by atoms with Gasteiger partial charge in [0.15, 0.2) is 0 Å². The van der Waals surface area contributed by atoms with Crippen LogP contribution in [0.1, 0.15) is 29.6 Å². The molecule has 4 rings (SSSR count). The lowest BCUT2D eigenvalue weighted by molar-refractivity contribution is 0.0941. The topological polar surface area (TPSA) is 49.3 Å². The first kappa shape index (κ1) is 12.0. The van der Waals surface area contributed by atoms with Crippen molar-refractivity contribution in [1.29, 1.82) is 0 Å². The molecule has 3 aliphatic rings. The van der Waals surface area contributed by atoms with Crippen LogP contribution < -0.4 is 5.32 Å². The average molecular weight is 369 g/mol. The number of halogens is 1. The third-order valence-electron chi connectivity index (χ3n) is 5.24. The number of phenolic OH excluding ortho intramolecular Hbond substituents is 1. The Bertz CT molecular complexity index is 543. The Morgan fingerprint density at radius 2 is 1.95 bits per heavy atom. The fraction of sp³-hybridized carbons (Fsp3) is 0.533. The van der Waals surface area contributed by atoms with Gasteiger partial charge in [0, 0.05) is 9.61 Å². The van der Waals surface area contributed by atoms with E-state index >= 15 is 0 Å². The number of carbonyl (C=O) groups is 1. The molecule has 0 heterocycles. The first-order valence-electron chi connectivity index (χ1n) is 6.94. The van der Waals surface area contributed by atoms with Crippen molar-refractivity contribution in [2.45, 2.75) is 25.3 Å². The zero-order valence-corrected chi connectivity index (χ0v) is 12.6. The standard InChI is InChI=1S/C15H16INO2/c16-9-3-4-11(18)10(6-9)15(19)17-14-12-7-1-2-8(5-7)13(12)14/h3-4,6-8,12-14,18H,1-2,5H2,(H,17,19). The highest BCUT2D eigenvalue weighted by atomic mass is 127. The molecular formula is C15H16INO2. The number of aromatic hydroxyl groups is 1. The van der Waals surface area contributed by atoms with Gasteiger partial charge < -0.3 is 10.4 Å². The molecule has 4 atom stereocenters. The second-order valence-electron chi connectivity index (χ2n) is 6.15. The molecule has 1 aromatic rings. The van der Waals surface area contributed by atoms with Crippen LogP contribution in [0.5, 0.6) is 5.75 Å². The number of benzene rings is 1. The summed E-state index contributed by atoms with van der Waals surface area (Å²) in [5, 5.41) is 12.9. The zero-order valence-electron chi connectivity index (χ0n) is 10.5. The summed E-state index contributed by atoms with van der Waals surface area (Å²) in [6.45, 7) is 0. The van der Waals surface area contributed by atoms with Gasteiger partial charge in [0.05, 0.1) is 5.56 Å². The van der Waals surface area contributed by atoms with Gasteiger partial charge in [-0.2, -0.15) is 0 Å². The van der Waals surface area contributed by atoms with Crippen LogP contribution in [0.15, 0.2) is 18.2 Å². The Morgan fingerprint density at radius 3 is 2.63 bits per heavy atom. The zero-order chi connectivity index (χ0) is 13.1. The van der Waals surface area contributed by atoms with E-state index in [2.05, 4.69) is 27.9 Å². The van der Waals surface area contributed by atoms with Gasteiger partial charge in [0.2, 0.25) is 0 Å². The molecule has 4 heteroatoms. The fourth-order valence-corrected chi connectivity index (χ4v) is 4.93. The number of carbonyl (C=O) groups excluding carboxylic acids is 1. The van der Waals surface area contributed by atoms with Crippen LogP contribution in [0.25, 0.3) is 0 Å². The van der Waals surface area contributed by atoms with Gasteiger partial charge in [-0.25, -0.2) is 0 Å². The number of nitrogens with one attached hydrogen (secondary N) is 1. The molecule has 0 spiro atoms. The first-order valence-corrected chi connectivity index (χ1v) is 8.02. The van der Waals surface area contributed by atoms with E-state index < -0.39 is 0 Å². The van der Waals surface area contributed by atoms with E-state index in [0.717, 1.165) is 27.2 Å². The van der Waals surface area contributed by atoms with Crippen molar-refractivity contribution >= 4 is 28.5 Å². The van der Waals surface area contributed by atoms with Crippen LogP contribution in [-0.2, 0) is 0 Å². The number of hydrogen-bond donors (Lipinski definition) is 2. The lowest BCUT2D eigenvalue weighted by atomic mass is 10.0. The predicted molar refractivity (Wildman–Crippen MR) is 79.9 cm³/mol. The summed E-state index contributed by atoms with van der Waals surface area (Å²) in [5.74, 6) is 3.12. The quantitative estimate of drug-likeness (QED) is 0.788. The van der Waals surface area contributed by atoms with E-state index in [1.165, 1.54) is 19.3 Å². The van der Waals surface area contributed by atoms with Crippen LogP contribution in [0.2, 0.25) is 0 Å². The molecule has 2 bridgehead atoms. The summed E-state index contributed by atoms with van der Waals surface area (Å²) in [5.41, 5.74) is 0.407. The molecule has 2 N–H and O–H groups in total. The average Bonchev–Trinajstić information content (AvgIpc) is 2.80. The van der Waals surface area contributed by atoms with Crippen LogP contribution in [0.3, 0.4) is 0 Å². The van der Waals surface area contributed by atoms with Crippen molar-refractivity contribution < 1.29 is 9.90 Å². The summed E-state index contributed by atoms with van der Waals surface area (Å²) in [6.07, 6.45) is 4.09. The molecule has 0 aliphatic heterocycles. The minimum atomic E-state index is -0.116. The Labute approximate surface area is 125 Å². The van der Waals surface area contributed by atoms with Crippen molar-refractivity contribution in [3.05, 3.63) is 27.3 Å². The summed E-state index contributed by atoms with van der Waals surface area (Å²) < 4.78 is 0.969. The van der Waals surface area contributed by atoms with Crippen LogP contribution in [-0.4, -0.2) is 17.1 Å². The first-order chi connectivity index (χ1) is 9.15. The fourth-order valence-electron chi connectivity index (χ4n) is 4.44. The highest BCUT2D eigenvalue weighted by Gasteiger charge is 2.65. The molecule has 3 aliphatic carbocycles. The number of amides is 1. The normalized spacial score (nSPS) is 38.1. The Kier molecular flexibility index (Phi) is 2.59. The van der Waals surface area contributed by atoms with E-state index in [1.54, 1.807) is 18.2 Å². The van der Waals surface area contributed by atoms with E-state index in [9.17, 15) is 9.90 Å². The molecule has 3 fully saturated rings. The van der Waals surface area contributed by atoms with Gasteiger partial charge in [-0.1, -0.05) is 0 Å². The second-order valence-corrected chi connectivity index (χ2v) is 7.39. The smallest absolute Gasteiger partial charge is 0.255 e. The summed E-state index contributed by atoms with van der Waals surface area (Å²) >= 11 is 2.16. The summed E-state index contributed by atoms with van der Waals surface area (Å²) in [4.78, 5) is 12.3. The maximum atomic E-state index is 12.3. The summed E-state index contributed by atoms with van der Waals surface area (Å²) in [7, 11) is 0. The van der Waals surface area contributed by atoms with Gasteiger partial charge >= 0.3 is 0 Å². The number of rotatable bonds is 2. The van der Waals surface area contributed by atoms with Gasteiger partial charge in [-0.15, -0.1) is 0 Å². The monoisotopic (exact) mass is 369 g/mol. The highest BCUT2D eigenvalue weighted by molar-refractivity contribution is 14.1. The van der Waals surface area contributed by atoms with Crippen molar-refractivity contribution in [2.24, 2.45) is 23.7 Å². The molecule has 1 amide bonds. The second kappa shape index (κ2) is 4.11. The SMILES string of the molecule is O=C(NC1C2C3CCC(C3)C12)c1cc(I)ccc1O. The lowest BCUT2D eigenvalue weighted by Crippen LogP contribution is -2.30. The van der Waals surface area contributed by atoms with E-state index in [0.29, 0.717) is 11.6 Å². The van der Waals surface area contributed by atoms with Gasteiger partial charge in [0.25, 0.3) is 5.91 Å². The molecule has 3 nitrogen and oxygen atoms in total. The molecule has 0 saturated heterocycles. The molecule has 1 aromatic carbocycles. The molecular weight excluding hydrogens is 353 g/mol. The molecule has 0 radical (unpaired) electrons. The number of hydrogen-bond acceptors (Lipinski definition) is 2. The maximum Gasteiger partial charge on any atom is 0.255 e. The largest absolute Gasteiger partial charge is 0.507 e. The third-order valence-corrected chi connectivity index (χ3v) is 5.91. The van der Waals surface area contributed by atoms with Crippen molar-refractivity contribution in [3.8, 4) is 5.75 Å². The lowest BCUT2D eigenvalue weighted by Gasteiger charge is -2.11. The van der Waals surface area contributed by atoms with Crippen LogP contribution >= 0.6 is 22.6 Å². The van der Waals surface area contributed by atoms with Gasteiger partial charge in [-0.05, 0) is 83.7 Å². The Hall–Kier alpha value is -0.780. The van der Waals surface area contributed by atoms with Gasteiger partial charge in [-0.3, -0.25) is 4.79 Å². The Morgan fingerprint density at radius 1 is 1.26 bits per heavy atom. The number of phenols is 1. The van der Waals surface area contributed by atoms with Crippen molar-refractivity contribution in [2.75, 3.05) is 0 Å². The van der Waals surface area contributed by atoms with Crippen LogP contribution in [0, 0.1) is 27.2 Å². The van der Waals surface area contributed by atoms with E-state index in [-0.39, 0.29) is 11.7 Å². The molecule has 19 heavy (non-hydrogen) atoms. The highest BCUT2D eigenvalue weighted by Crippen LogP contribution is 2.65. The summed E-state index contributed by atoms with van der Waals surface area (Å²) in [6, 6.07) is 5.52. The maximum absolute atomic E-state index is 12.3. The molecule has 3 saturated carbocycles. The van der Waals surface area contributed by atoms with Crippen LogP contribution in [0.4, 0.5) is 0 Å². The third kappa shape index (κ3) is 1.79. The minimum absolute atomic E-state index is 0.0756. The van der Waals surface area contributed by atoms with Crippen molar-refractivity contribution in [3.63, 3.8) is 0 Å². The minimum Gasteiger partial charge on any atom is -0.507 e. The van der Waals surface area contributed by atoms with E-state index in [1.807, 2.05) is 0 Å². The molecule has 4 unspecified atom stereocenters. The molecule has 0 aromatic heterocycles. The van der Waals surface area contributed by atoms with Crippen molar-refractivity contribution in [1.82, 2.24) is 5.32 Å².